The van der Waals surface area contributed by atoms with Gasteiger partial charge in [0.25, 0.3) is 5.69 Å². The number of unbranched alkanes of at least 4 members (excludes halogenated alkanes) is 1. The molecule has 9 nitrogen and oxygen atoms in total. The van der Waals surface area contributed by atoms with Gasteiger partial charge in [0.2, 0.25) is 10.0 Å². The number of non-ortho nitro benzene ring substituents is 1. The summed E-state index contributed by atoms with van der Waals surface area (Å²) >= 11 is 0. The van der Waals surface area contributed by atoms with Gasteiger partial charge in [0, 0.05) is 31.9 Å². The highest BCUT2D eigenvalue weighted by Gasteiger charge is 2.43. The minimum Gasteiger partial charge on any atom is -0.367 e. The zero-order chi connectivity index (χ0) is 23.4. The van der Waals surface area contributed by atoms with Gasteiger partial charge in [-0.25, -0.2) is 12.4 Å². The van der Waals surface area contributed by atoms with E-state index in [0.717, 1.165) is 12.8 Å². The number of hydrogen-bond donors (Lipinski definition) is 0. The highest BCUT2D eigenvalue weighted by Crippen LogP contribution is 2.38. The molecule has 1 atom stereocenters. The maximum absolute atomic E-state index is 14.0. The number of hydrogen-bond acceptors (Lipinski definition) is 6. The number of fused-ring (bicyclic) bond motifs is 1. The molecule has 0 bridgehead atoms. The average Bonchev–Trinajstić information content (AvgIpc) is 3.15. The van der Waals surface area contributed by atoms with E-state index in [1.165, 1.54) is 34.9 Å². The van der Waals surface area contributed by atoms with Gasteiger partial charge in [-0.15, -0.1) is 5.10 Å². The first kappa shape index (κ1) is 23.4. The molecule has 1 aliphatic rings. The number of aromatic nitrogens is 1. The van der Waals surface area contributed by atoms with Crippen molar-refractivity contribution in [2.45, 2.75) is 37.4 Å². The Labute approximate surface area is 187 Å². The third-order valence-electron chi connectivity index (χ3n) is 5.38. The lowest BCUT2D eigenvalue weighted by Crippen LogP contribution is -2.40. The van der Waals surface area contributed by atoms with E-state index in [-0.39, 0.29) is 16.6 Å². The van der Waals surface area contributed by atoms with Crippen molar-refractivity contribution in [3.8, 4) is 0 Å². The Morgan fingerprint density at radius 1 is 1.28 bits per heavy atom. The fraction of sp³-hybridized carbons (Fsp3) is 0.364. The lowest BCUT2D eigenvalue weighted by molar-refractivity contribution is -0.383. The Balaban J connectivity index is 2.24. The molecule has 10 heteroatoms. The van der Waals surface area contributed by atoms with Gasteiger partial charge in [0.15, 0.2) is 0 Å². The van der Waals surface area contributed by atoms with Crippen LogP contribution in [0.3, 0.4) is 0 Å². The quantitative estimate of drug-likeness (QED) is 0.244. The second kappa shape index (κ2) is 9.47. The molecule has 0 saturated carbocycles. The molecule has 170 valence electrons. The maximum atomic E-state index is 14.0. The Bertz CT molecular complexity index is 1220. The molecule has 0 radical (unpaired) electrons. The summed E-state index contributed by atoms with van der Waals surface area (Å²) in [5.74, 6) is 0. The van der Waals surface area contributed by atoms with Crippen LogP contribution < -0.4 is 0 Å². The zero-order valence-corrected chi connectivity index (χ0v) is 19.2. The van der Waals surface area contributed by atoms with Crippen molar-refractivity contribution in [1.82, 2.24) is 8.87 Å². The predicted octanol–water partition coefficient (Wildman–Crippen LogP) is 4.10. The minimum absolute atomic E-state index is 0.184. The topological polar surface area (TPSA) is 110 Å². The largest absolute Gasteiger partial charge is 0.367 e. The molecule has 1 aliphatic carbocycles. The van der Waals surface area contributed by atoms with Gasteiger partial charge >= 0.3 is 0 Å². The summed E-state index contributed by atoms with van der Waals surface area (Å²) < 4.78 is 28.0. The van der Waals surface area contributed by atoms with Gasteiger partial charge < -0.3 is 4.90 Å². The molecule has 32 heavy (non-hydrogen) atoms. The van der Waals surface area contributed by atoms with Crippen LogP contribution in [0.1, 0.15) is 38.2 Å². The lowest BCUT2D eigenvalue weighted by Gasteiger charge is -2.31. The SMILES string of the molecule is CCCCC1(S(=O)(=O)n2cc(C=N/N=C/N(C)C)c3c([N+](=O)[O-])cccc32)C=CC=CC1. The van der Waals surface area contributed by atoms with Crippen molar-refractivity contribution in [2.75, 3.05) is 14.1 Å². The first-order chi connectivity index (χ1) is 15.2. The molecule has 1 aromatic carbocycles. The van der Waals surface area contributed by atoms with Crippen molar-refractivity contribution in [2.24, 2.45) is 10.2 Å². The second-order valence-electron chi connectivity index (χ2n) is 7.91. The highest BCUT2D eigenvalue weighted by atomic mass is 32.2. The molecule has 1 unspecified atom stereocenters. The molecule has 1 heterocycles. The number of nitro benzene ring substituents is 1. The molecule has 2 aromatic rings. The Hall–Kier alpha value is -3.27. The predicted molar refractivity (Wildman–Crippen MR) is 128 cm³/mol. The molecule has 0 N–H and O–H groups in total. The average molecular weight is 458 g/mol. The van der Waals surface area contributed by atoms with Crippen LogP contribution in [0.5, 0.6) is 0 Å². The first-order valence-electron chi connectivity index (χ1n) is 10.3. The molecule has 0 spiro atoms. The van der Waals surface area contributed by atoms with Crippen LogP contribution in [-0.4, -0.2) is 53.6 Å². The van der Waals surface area contributed by atoms with Crippen LogP contribution >= 0.6 is 0 Å². The third kappa shape index (κ3) is 4.36. The number of allylic oxidation sites excluding steroid dienone is 3. The van der Waals surface area contributed by atoms with Crippen LogP contribution in [0.4, 0.5) is 5.69 Å². The summed E-state index contributed by atoms with van der Waals surface area (Å²) in [5.41, 5.74) is 0.375. The van der Waals surface area contributed by atoms with E-state index in [4.69, 9.17) is 0 Å². The third-order valence-corrected chi connectivity index (χ3v) is 7.74. The number of rotatable bonds is 9. The first-order valence-corrected chi connectivity index (χ1v) is 11.8. The Kier molecular flexibility index (Phi) is 6.93. The van der Waals surface area contributed by atoms with Gasteiger partial charge in [0.1, 0.15) is 11.1 Å². The zero-order valence-electron chi connectivity index (χ0n) is 18.4. The van der Waals surface area contributed by atoms with Gasteiger partial charge in [0.05, 0.1) is 22.0 Å². The second-order valence-corrected chi connectivity index (χ2v) is 10.1. The summed E-state index contributed by atoms with van der Waals surface area (Å²) in [4.78, 5) is 12.9. The van der Waals surface area contributed by atoms with Crippen LogP contribution in [0, 0.1) is 10.1 Å². The minimum atomic E-state index is -3.94. The van der Waals surface area contributed by atoms with Crippen LogP contribution in [0.15, 0.2) is 58.9 Å². The normalized spacial score (nSPS) is 18.8. The van der Waals surface area contributed by atoms with E-state index in [1.54, 1.807) is 37.2 Å². The lowest BCUT2D eigenvalue weighted by atomic mass is 9.94. The van der Waals surface area contributed by atoms with Gasteiger partial charge in [-0.3, -0.25) is 10.1 Å². The number of benzene rings is 1. The number of nitro groups is 1. The van der Waals surface area contributed by atoms with E-state index in [1.807, 2.05) is 19.1 Å². The maximum Gasteiger partial charge on any atom is 0.279 e. The van der Waals surface area contributed by atoms with Crippen molar-refractivity contribution in [3.05, 3.63) is 64.4 Å². The van der Waals surface area contributed by atoms with Crippen LogP contribution in [-0.2, 0) is 10.0 Å². The molecule has 0 fully saturated rings. The van der Waals surface area contributed by atoms with Gasteiger partial charge in [-0.05, 0) is 18.9 Å². The smallest absolute Gasteiger partial charge is 0.279 e. The van der Waals surface area contributed by atoms with E-state index in [0.29, 0.717) is 18.4 Å². The molecule has 0 saturated heterocycles. The summed E-state index contributed by atoms with van der Waals surface area (Å²) in [5, 5.41) is 19.7. The summed E-state index contributed by atoms with van der Waals surface area (Å²) in [6, 6.07) is 4.43. The Morgan fingerprint density at radius 2 is 2.06 bits per heavy atom. The van der Waals surface area contributed by atoms with E-state index >= 15 is 0 Å². The standard InChI is InChI=1S/C22H27N5O4S/c1-4-5-12-22(13-7-6-8-14-22)32(30,31)26-16-18(15-23-24-17-25(2)3)21-19(26)10-9-11-20(21)27(28)29/h6-11,13,15-17H,4-5,12,14H2,1-3H3/b23-15?,24-17+. The number of nitrogens with zero attached hydrogens (tertiary/aromatic N) is 5. The van der Waals surface area contributed by atoms with Crippen molar-refractivity contribution in [3.63, 3.8) is 0 Å². The van der Waals surface area contributed by atoms with E-state index < -0.39 is 19.7 Å². The molecule has 3 rings (SSSR count). The van der Waals surface area contributed by atoms with Gasteiger partial charge in [-0.2, -0.15) is 5.10 Å². The summed E-state index contributed by atoms with van der Waals surface area (Å²) in [6.45, 7) is 2.01. The van der Waals surface area contributed by atoms with Gasteiger partial charge in [-0.1, -0.05) is 50.1 Å². The molecule has 0 amide bonds. The Morgan fingerprint density at radius 3 is 2.69 bits per heavy atom. The summed E-state index contributed by atoms with van der Waals surface area (Å²) in [6.07, 6.45) is 13.8. The van der Waals surface area contributed by atoms with Crippen LogP contribution in [0.2, 0.25) is 0 Å². The molecular formula is C22H27N5O4S. The van der Waals surface area contributed by atoms with E-state index in [2.05, 4.69) is 10.2 Å². The van der Waals surface area contributed by atoms with E-state index in [9.17, 15) is 18.5 Å². The van der Waals surface area contributed by atoms with Crippen LogP contribution in [0.25, 0.3) is 10.9 Å². The summed E-state index contributed by atoms with van der Waals surface area (Å²) in [7, 11) is -0.377. The fourth-order valence-corrected chi connectivity index (χ4v) is 5.78. The fourth-order valence-electron chi connectivity index (χ4n) is 3.77. The monoisotopic (exact) mass is 457 g/mol. The molecule has 1 aromatic heterocycles. The molecular weight excluding hydrogens is 430 g/mol. The van der Waals surface area contributed by atoms with Crippen molar-refractivity contribution >= 4 is 39.2 Å². The van der Waals surface area contributed by atoms with Crippen molar-refractivity contribution in [1.29, 1.82) is 0 Å². The van der Waals surface area contributed by atoms with Crippen molar-refractivity contribution < 1.29 is 13.3 Å². The highest BCUT2D eigenvalue weighted by molar-refractivity contribution is 7.91. The molecule has 0 aliphatic heterocycles.